The number of likely N-dealkylation sites (tertiary alicyclic amines) is 1. The van der Waals surface area contributed by atoms with Crippen molar-refractivity contribution in [3.05, 3.63) is 53.3 Å². The molecule has 2 aromatic heterocycles. The molecule has 1 saturated heterocycles. The number of pyridine rings is 1. The summed E-state index contributed by atoms with van der Waals surface area (Å²) in [6, 6.07) is 11.5. The number of rotatable bonds is 8. The summed E-state index contributed by atoms with van der Waals surface area (Å²) in [7, 11) is 1.80. The molecule has 0 saturated carbocycles. The smallest absolute Gasteiger partial charge is 0.453 e. The molecule has 0 spiro atoms. The Hall–Kier alpha value is -3.18. The number of fused-ring (bicyclic) bond motifs is 1. The Morgan fingerprint density at radius 3 is 2.57 bits per heavy atom. The lowest BCUT2D eigenvalue weighted by atomic mass is 10.0. The molecule has 8 nitrogen and oxygen atoms in total. The third kappa shape index (κ3) is 6.04. The third-order valence-electron chi connectivity index (χ3n) is 7.00. The van der Waals surface area contributed by atoms with Gasteiger partial charge in [-0.15, -0.1) is 5.10 Å². The van der Waals surface area contributed by atoms with Crippen LogP contribution >= 0.6 is 0 Å². The van der Waals surface area contributed by atoms with Crippen LogP contribution in [-0.2, 0) is 19.0 Å². The first-order chi connectivity index (χ1) is 17.9. The molecule has 3 heterocycles. The molecule has 1 aromatic carbocycles. The van der Waals surface area contributed by atoms with E-state index >= 15 is 0 Å². The Bertz CT molecular complexity index is 1210. The summed E-state index contributed by atoms with van der Waals surface area (Å²) in [4.78, 5) is 10.7. The van der Waals surface area contributed by atoms with Gasteiger partial charge in [0, 0.05) is 24.3 Å². The molecule has 1 unspecified atom stereocenters. The highest BCUT2D eigenvalue weighted by Gasteiger charge is 2.37. The lowest BCUT2D eigenvalue weighted by Crippen LogP contribution is -2.32. The van der Waals surface area contributed by atoms with Crippen LogP contribution in [0, 0.1) is 0 Å². The van der Waals surface area contributed by atoms with Crippen LogP contribution < -0.4 is 15.4 Å². The van der Waals surface area contributed by atoms with Gasteiger partial charge in [-0.2, -0.15) is 27.8 Å². The fourth-order valence-corrected chi connectivity index (χ4v) is 5.10. The number of alkyl halides is 3. The monoisotopic (exact) mass is 515 g/mol. The van der Waals surface area contributed by atoms with E-state index in [0.717, 1.165) is 30.4 Å². The molecule has 1 atom stereocenters. The second-order valence-corrected chi connectivity index (χ2v) is 9.54. The first-order valence-electron chi connectivity index (χ1n) is 12.8. The maximum absolute atomic E-state index is 13.5. The van der Waals surface area contributed by atoms with E-state index in [2.05, 4.69) is 36.7 Å². The number of nitrogens with one attached hydrogen (secondary N) is 2. The summed E-state index contributed by atoms with van der Waals surface area (Å²) in [5.41, 5.74) is 3.20. The van der Waals surface area contributed by atoms with Crippen molar-refractivity contribution >= 4 is 11.6 Å². The molecule has 11 heteroatoms. The number of aromatic nitrogens is 4. The molecule has 3 aromatic rings. The quantitative estimate of drug-likeness (QED) is 0.341. The minimum atomic E-state index is -4.69. The van der Waals surface area contributed by atoms with Crippen LogP contribution in [0.4, 0.5) is 24.8 Å². The highest BCUT2D eigenvalue weighted by molar-refractivity contribution is 5.58. The van der Waals surface area contributed by atoms with E-state index in [1.165, 1.54) is 37.1 Å². The normalized spacial score (nSPS) is 18.4. The zero-order valence-corrected chi connectivity index (χ0v) is 20.9. The minimum absolute atomic E-state index is 0.0595. The number of halogens is 3. The maximum atomic E-state index is 13.5. The number of likely N-dealkylation sites (N-methyl/N-ethyl adjacent to an activating group) is 1. The molecule has 198 valence electrons. The van der Waals surface area contributed by atoms with Crippen LogP contribution in [0.5, 0.6) is 5.88 Å². The average Bonchev–Trinajstić information content (AvgIpc) is 3.52. The molecule has 5 rings (SSSR count). The summed E-state index contributed by atoms with van der Waals surface area (Å²) >= 11 is 0. The van der Waals surface area contributed by atoms with Gasteiger partial charge in [-0.1, -0.05) is 12.1 Å². The van der Waals surface area contributed by atoms with Crippen molar-refractivity contribution in [3.63, 3.8) is 0 Å². The van der Waals surface area contributed by atoms with E-state index in [4.69, 9.17) is 4.74 Å². The lowest BCUT2D eigenvalue weighted by Gasteiger charge is -2.25. The zero-order chi connectivity index (χ0) is 25.8. The SMILES string of the molecule is CNCCOc1cccc(-n2nc(C(F)(F)F)nc2Nc2ccc3c(c2)CCC(N2CCCC2)CC3)n1. The van der Waals surface area contributed by atoms with Gasteiger partial charge < -0.3 is 20.3 Å². The van der Waals surface area contributed by atoms with Crippen LogP contribution in [0.1, 0.15) is 42.6 Å². The third-order valence-corrected chi connectivity index (χ3v) is 7.00. The van der Waals surface area contributed by atoms with E-state index in [9.17, 15) is 13.2 Å². The Balaban J connectivity index is 1.39. The molecule has 2 N–H and O–H groups in total. The molecule has 0 bridgehead atoms. The maximum Gasteiger partial charge on any atom is 0.453 e. The number of benzene rings is 1. The van der Waals surface area contributed by atoms with Gasteiger partial charge in [0.1, 0.15) is 6.61 Å². The number of hydrogen-bond donors (Lipinski definition) is 2. The highest BCUT2D eigenvalue weighted by Crippen LogP contribution is 2.31. The number of nitrogens with zero attached hydrogens (tertiary/aromatic N) is 5. The topological polar surface area (TPSA) is 80.1 Å². The Morgan fingerprint density at radius 2 is 1.81 bits per heavy atom. The van der Waals surface area contributed by atoms with Gasteiger partial charge in [-0.05, 0) is 88.0 Å². The molecular formula is C26H32F3N7O. The van der Waals surface area contributed by atoms with Gasteiger partial charge in [-0.25, -0.2) is 0 Å². The number of ether oxygens (including phenoxy) is 1. The van der Waals surface area contributed by atoms with Gasteiger partial charge in [0.2, 0.25) is 11.8 Å². The van der Waals surface area contributed by atoms with Crippen molar-refractivity contribution in [2.75, 3.05) is 38.6 Å². The molecule has 1 aliphatic carbocycles. The van der Waals surface area contributed by atoms with E-state index in [1.54, 1.807) is 25.2 Å². The number of aryl methyl sites for hydroxylation is 2. The summed E-state index contributed by atoms with van der Waals surface area (Å²) in [5, 5.41) is 9.75. The Kier molecular flexibility index (Phi) is 7.61. The molecule has 0 radical (unpaired) electrons. The summed E-state index contributed by atoms with van der Waals surface area (Å²) in [6.45, 7) is 3.34. The second-order valence-electron chi connectivity index (χ2n) is 9.54. The molecule has 0 amide bonds. The van der Waals surface area contributed by atoms with Crippen molar-refractivity contribution in [2.24, 2.45) is 0 Å². The van der Waals surface area contributed by atoms with Gasteiger partial charge >= 0.3 is 6.18 Å². The van der Waals surface area contributed by atoms with E-state index in [-0.39, 0.29) is 11.8 Å². The van der Waals surface area contributed by atoms with Gasteiger partial charge in [0.25, 0.3) is 5.82 Å². The molecule has 2 aliphatic rings. The second kappa shape index (κ2) is 11.1. The van der Waals surface area contributed by atoms with E-state index < -0.39 is 12.0 Å². The van der Waals surface area contributed by atoms with Crippen LogP contribution in [-0.4, -0.2) is 64.0 Å². The standard InChI is InChI=1S/C26H32F3N7O/c1-30-13-16-37-23-6-4-5-22(32-23)36-25(33-24(34-36)26(27,28)29)31-20-10-7-18-8-11-21(12-9-19(18)17-20)35-14-2-3-15-35/h4-7,10,17,21,30H,2-3,8-9,11-16H2,1H3,(H,31,33,34). The van der Waals surface area contributed by atoms with Crippen molar-refractivity contribution in [2.45, 2.75) is 50.7 Å². The number of hydrogen-bond acceptors (Lipinski definition) is 7. The number of anilines is 2. The molecule has 37 heavy (non-hydrogen) atoms. The fourth-order valence-electron chi connectivity index (χ4n) is 5.10. The van der Waals surface area contributed by atoms with Crippen LogP contribution in [0.3, 0.4) is 0 Å². The van der Waals surface area contributed by atoms with Gasteiger partial charge in [0.05, 0.1) is 0 Å². The van der Waals surface area contributed by atoms with Crippen molar-refractivity contribution < 1.29 is 17.9 Å². The van der Waals surface area contributed by atoms with Crippen molar-refractivity contribution in [1.29, 1.82) is 0 Å². The highest BCUT2D eigenvalue weighted by atomic mass is 19.4. The van der Waals surface area contributed by atoms with Crippen molar-refractivity contribution in [3.8, 4) is 11.7 Å². The lowest BCUT2D eigenvalue weighted by molar-refractivity contribution is -0.144. The van der Waals surface area contributed by atoms with Crippen LogP contribution in [0.2, 0.25) is 0 Å². The summed E-state index contributed by atoms with van der Waals surface area (Å²) < 4.78 is 47.3. The Labute approximate surface area is 214 Å². The van der Waals surface area contributed by atoms with E-state index in [1.807, 2.05) is 12.1 Å². The molecule has 1 fully saturated rings. The largest absolute Gasteiger partial charge is 0.476 e. The van der Waals surface area contributed by atoms with Crippen molar-refractivity contribution in [1.82, 2.24) is 30.0 Å². The molecule has 1 aliphatic heterocycles. The minimum Gasteiger partial charge on any atom is -0.476 e. The first kappa shape index (κ1) is 25.5. The fraction of sp³-hybridized carbons (Fsp3) is 0.500. The van der Waals surface area contributed by atoms with Crippen LogP contribution in [0.15, 0.2) is 36.4 Å². The average molecular weight is 516 g/mol. The first-order valence-corrected chi connectivity index (χ1v) is 12.8. The predicted octanol–water partition coefficient (Wildman–Crippen LogP) is 4.37. The Morgan fingerprint density at radius 1 is 1.03 bits per heavy atom. The zero-order valence-electron chi connectivity index (χ0n) is 20.9. The van der Waals surface area contributed by atoms with Gasteiger partial charge in [0.15, 0.2) is 5.82 Å². The van der Waals surface area contributed by atoms with Gasteiger partial charge in [-0.3, -0.25) is 0 Å². The van der Waals surface area contributed by atoms with E-state index in [0.29, 0.717) is 30.8 Å². The van der Waals surface area contributed by atoms with Crippen LogP contribution in [0.25, 0.3) is 5.82 Å². The summed E-state index contributed by atoms with van der Waals surface area (Å²) in [6.07, 6.45) is 2.04. The summed E-state index contributed by atoms with van der Waals surface area (Å²) in [5.74, 6) is -0.826. The molecular weight excluding hydrogens is 483 g/mol. The predicted molar refractivity (Wildman–Crippen MR) is 135 cm³/mol.